The van der Waals surface area contributed by atoms with Crippen LogP contribution in [0.2, 0.25) is 0 Å². The zero-order valence-electron chi connectivity index (χ0n) is 10.7. The molecule has 6 nitrogen and oxygen atoms in total. The van der Waals surface area contributed by atoms with Gasteiger partial charge in [-0.15, -0.1) is 10.2 Å². The van der Waals surface area contributed by atoms with Crippen LogP contribution in [0.25, 0.3) is 11.4 Å². The van der Waals surface area contributed by atoms with Crippen molar-refractivity contribution < 1.29 is 8.42 Å². The maximum Gasteiger partial charge on any atom is 0.296 e. The van der Waals surface area contributed by atoms with Crippen molar-refractivity contribution in [1.82, 2.24) is 19.7 Å². The van der Waals surface area contributed by atoms with Crippen LogP contribution < -0.4 is 0 Å². The lowest BCUT2D eigenvalue weighted by molar-refractivity contribution is 0.530. The summed E-state index contributed by atoms with van der Waals surface area (Å²) < 4.78 is 24.5. The molecule has 0 saturated carbocycles. The molecule has 0 aliphatic heterocycles. The summed E-state index contributed by atoms with van der Waals surface area (Å²) in [6.07, 6.45) is 1.64. The summed E-state index contributed by atoms with van der Waals surface area (Å²) in [4.78, 5) is 4.09. The second kappa shape index (κ2) is 4.90. The lowest BCUT2D eigenvalue weighted by Crippen LogP contribution is -2.10. The molecule has 0 aliphatic carbocycles. The van der Waals surface area contributed by atoms with E-state index in [0.717, 1.165) is 11.3 Å². The molecule has 0 radical (unpaired) electrons. The van der Waals surface area contributed by atoms with Gasteiger partial charge in [0, 0.05) is 34.2 Å². The number of nitrogens with zero attached hydrogens (tertiary/aromatic N) is 4. The largest absolute Gasteiger partial charge is 0.296 e. The van der Waals surface area contributed by atoms with E-state index in [9.17, 15) is 8.42 Å². The summed E-state index contributed by atoms with van der Waals surface area (Å²) >= 11 is 0. The number of rotatable bonds is 3. The van der Waals surface area contributed by atoms with Gasteiger partial charge in [-0.05, 0) is 32.9 Å². The van der Waals surface area contributed by atoms with Crippen molar-refractivity contribution in [2.75, 3.05) is 0 Å². The molecule has 0 aliphatic rings. The van der Waals surface area contributed by atoms with Crippen molar-refractivity contribution in [3.8, 4) is 11.4 Å². The van der Waals surface area contributed by atoms with Gasteiger partial charge in [-0.2, -0.15) is 0 Å². The number of hydrogen-bond acceptors (Lipinski definition) is 5. The monoisotopic (exact) mass is 300 g/mol. The lowest BCUT2D eigenvalue weighted by Gasteiger charge is -2.12. The molecule has 8 heteroatoms. The Bertz CT molecular complexity index is 709. The molecule has 0 atom stereocenters. The zero-order chi connectivity index (χ0) is 14.2. The number of aromatic nitrogens is 4. The Morgan fingerprint density at radius 1 is 1.32 bits per heavy atom. The summed E-state index contributed by atoms with van der Waals surface area (Å²) in [6.45, 7) is 5.53. The van der Waals surface area contributed by atoms with E-state index >= 15 is 0 Å². The van der Waals surface area contributed by atoms with Crippen molar-refractivity contribution >= 4 is 19.7 Å². The van der Waals surface area contributed by atoms with Crippen molar-refractivity contribution in [2.24, 2.45) is 0 Å². The van der Waals surface area contributed by atoms with Gasteiger partial charge in [0.05, 0.1) is 0 Å². The third kappa shape index (κ3) is 2.76. The number of hydrogen-bond donors (Lipinski definition) is 0. The van der Waals surface area contributed by atoms with Crippen molar-refractivity contribution in [3.63, 3.8) is 0 Å². The first-order chi connectivity index (χ1) is 8.80. The first-order valence-electron chi connectivity index (χ1n) is 5.63. The van der Waals surface area contributed by atoms with E-state index in [1.165, 1.54) is 4.57 Å². The van der Waals surface area contributed by atoms with E-state index < -0.39 is 9.05 Å². The van der Waals surface area contributed by atoms with Crippen molar-refractivity contribution in [2.45, 2.75) is 32.0 Å². The van der Waals surface area contributed by atoms with E-state index in [2.05, 4.69) is 15.2 Å². The van der Waals surface area contributed by atoms with Gasteiger partial charge in [0.2, 0.25) is 0 Å². The highest BCUT2D eigenvalue weighted by atomic mass is 35.7. The van der Waals surface area contributed by atoms with Gasteiger partial charge in [0.25, 0.3) is 14.2 Å². The second-order valence-electron chi connectivity index (χ2n) is 4.39. The fraction of sp³-hybridized carbons (Fsp3) is 0.364. The standard InChI is InChI=1S/C11H13ClN4O2S/c1-7(2)16-10(9-4-5-13-8(3)6-9)14-15-11(16)19(12,17)18/h4-7H,1-3H3. The average molecular weight is 301 g/mol. The average Bonchev–Trinajstić information content (AvgIpc) is 2.72. The molecule has 0 unspecified atom stereocenters. The fourth-order valence-corrected chi connectivity index (χ4v) is 2.78. The Morgan fingerprint density at radius 3 is 2.53 bits per heavy atom. The predicted molar refractivity (Wildman–Crippen MR) is 71.4 cm³/mol. The van der Waals surface area contributed by atoms with Gasteiger partial charge in [-0.1, -0.05) is 0 Å². The van der Waals surface area contributed by atoms with E-state index in [-0.39, 0.29) is 11.2 Å². The summed E-state index contributed by atoms with van der Waals surface area (Å²) in [6, 6.07) is 3.43. The van der Waals surface area contributed by atoms with Gasteiger partial charge in [-0.3, -0.25) is 9.55 Å². The molecule has 2 rings (SSSR count). The van der Waals surface area contributed by atoms with E-state index in [1.54, 1.807) is 12.3 Å². The summed E-state index contributed by atoms with van der Waals surface area (Å²) in [5.41, 5.74) is 1.56. The number of pyridine rings is 1. The second-order valence-corrected chi connectivity index (χ2v) is 6.85. The molecule has 0 fully saturated rings. The Balaban J connectivity index is 2.69. The first-order valence-corrected chi connectivity index (χ1v) is 7.94. The van der Waals surface area contributed by atoms with Crippen LogP contribution >= 0.6 is 10.7 Å². The maximum atomic E-state index is 11.5. The summed E-state index contributed by atoms with van der Waals surface area (Å²) in [5, 5.41) is 7.38. The Morgan fingerprint density at radius 2 is 2.00 bits per heavy atom. The minimum absolute atomic E-state index is 0.137. The van der Waals surface area contributed by atoms with Crippen LogP contribution in [0.4, 0.5) is 0 Å². The highest BCUT2D eigenvalue weighted by Gasteiger charge is 2.24. The molecular weight excluding hydrogens is 288 g/mol. The molecule has 0 saturated heterocycles. The van der Waals surface area contributed by atoms with Gasteiger partial charge in [-0.25, -0.2) is 8.42 Å². The zero-order valence-corrected chi connectivity index (χ0v) is 12.3. The summed E-state index contributed by atoms with van der Waals surface area (Å²) in [7, 11) is 1.45. The molecule has 0 bridgehead atoms. The molecule has 0 spiro atoms. The van der Waals surface area contributed by atoms with Crippen LogP contribution in [0, 0.1) is 6.92 Å². The minimum Gasteiger partial charge on any atom is -0.294 e. The first kappa shape index (κ1) is 14.0. The lowest BCUT2D eigenvalue weighted by atomic mass is 10.2. The molecule has 0 aromatic carbocycles. The molecular formula is C11H13ClN4O2S. The van der Waals surface area contributed by atoms with Crippen LogP contribution in [-0.2, 0) is 9.05 Å². The van der Waals surface area contributed by atoms with Gasteiger partial charge < -0.3 is 0 Å². The Kier molecular flexibility index (Phi) is 3.60. The smallest absolute Gasteiger partial charge is 0.294 e. The quantitative estimate of drug-likeness (QED) is 0.812. The van der Waals surface area contributed by atoms with Crippen LogP contribution in [0.5, 0.6) is 0 Å². The molecule has 102 valence electrons. The van der Waals surface area contributed by atoms with Crippen LogP contribution in [0.1, 0.15) is 25.6 Å². The molecule has 0 amide bonds. The van der Waals surface area contributed by atoms with Crippen molar-refractivity contribution in [3.05, 3.63) is 24.0 Å². The van der Waals surface area contributed by atoms with Crippen molar-refractivity contribution in [1.29, 1.82) is 0 Å². The summed E-state index contributed by atoms with van der Waals surface area (Å²) in [5.74, 6) is 0.458. The molecule has 2 aromatic rings. The number of halogens is 1. The van der Waals surface area contributed by atoms with E-state index in [0.29, 0.717) is 5.82 Å². The van der Waals surface area contributed by atoms with Crippen LogP contribution in [0.15, 0.2) is 23.5 Å². The third-order valence-corrected chi connectivity index (χ3v) is 3.68. The highest BCUT2D eigenvalue weighted by Crippen LogP contribution is 2.26. The van der Waals surface area contributed by atoms with E-state index in [4.69, 9.17) is 10.7 Å². The minimum atomic E-state index is -3.93. The highest BCUT2D eigenvalue weighted by molar-refractivity contribution is 8.13. The Labute approximate surface area is 115 Å². The predicted octanol–water partition coefficient (Wildman–Crippen LogP) is 2.16. The van der Waals surface area contributed by atoms with Gasteiger partial charge in [0.15, 0.2) is 5.82 Å². The van der Waals surface area contributed by atoms with Gasteiger partial charge >= 0.3 is 0 Å². The fourth-order valence-electron chi connectivity index (χ4n) is 1.79. The van der Waals surface area contributed by atoms with Crippen LogP contribution in [-0.4, -0.2) is 28.2 Å². The topological polar surface area (TPSA) is 77.7 Å². The molecule has 19 heavy (non-hydrogen) atoms. The van der Waals surface area contributed by atoms with E-state index in [1.807, 2.05) is 26.8 Å². The molecule has 2 aromatic heterocycles. The molecule has 2 heterocycles. The third-order valence-electron chi connectivity index (χ3n) is 2.55. The molecule has 0 N–H and O–H groups in total. The van der Waals surface area contributed by atoms with Crippen LogP contribution in [0.3, 0.4) is 0 Å². The maximum absolute atomic E-state index is 11.5. The SMILES string of the molecule is Cc1cc(-c2nnc(S(=O)(=O)Cl)n2C(C)C)ccn1. The van der Waals surface area contributed by atoms with Gasteiger partial charge in [0.1, 0.15) is 0 Å². The Hall–Kier alpha value is -1.47. The normalized spacial score (nSPS) is 12.1. The number of aryl methyl sites for hydroxylation is 1.